The fourth-order valence-corrected chi connectivity index (χ4v) is 0. The van der Waals surface area contributed by atoms with Crippen LogP contribution >= 0.6 is 0 Å². The van der Waals surface area contributed by atoms with Crippen molar-refractivity contribution in [3.8, 4) is 0 Å². The average molecular weight is 92.8 g/mol. The third-order valence-electron chi connectivity index (χ3n) is 0. The van der Waals surface area contributed by atoms with E-state index in [4.69, 9.17) is 20.2 Å². The Labute approximate surface area is 34.5 Å². The third kappa shape index (κ3) is 50.9. The van der Waals surface area contributed by atoms with E-state index in [1.807, 2.05) is 0 Å². The van der Waals surface area contributed by atoms with Crippen LogP contribution in [0.25, 0.3) is 0 Å². The lowest BCUT2D eigenvalue weighted by Crippen LogP contribution is -1.75. The maximum atomic E-state index is 8.11. The summed E-state index contributed by atoms with van der Waals surface area (Å²) in [7, 11) is -0.750. The van der Waals surface area contributed by atoms with Crippen LogP contribution in [0.3, 0.4) is 0 Å². The van der Waals surface area contributed by atoms with Gasteiger partial charge in [-0.25, -0.2) is 0 Å². The van der Waals surface area contributed by atoms with Crippen LogP contribution in [-0.2, 0) is 0 Å². The van der Waals surface area contributed by atoms with E-state index in [0.717, 1.165) is 0 Å². The first-order valence-electron chi connectivity index (χ1n) is 1.02. The topological polar surface area (TPSA) is 90.1 Å². The summed E-state index contributed by atoms with van der Waals surface area (Å²) in [5.74, 6) is 0. The van der Waals surface area contributed by atoms with Gasteiger partial charge < -0.3 is 15.3 Å². The van der Waals surface area contributed by atoms with E-state index in [0.29, 0.717) is 0 Å². The van der Waals surface area contributed by atoms with Gasteiger partial charge in [-0.1, -0.05) is 0 Å². The third-order valence-corrected chi connectivity index (χ3v) is 0. The summed E-state index contributed by atoms with van der Waals surface area (Å²) in [6.07, 6.45) is 0. The molecule has 0 aliphatic rings. The van der Waals surface area contributed by atoms with Crippen molar-refractivity contribution in [2.24, 2.45) is 5.34 Å². The SMILES string of the molecule is O=NO.OBO. The standard InChI is InChI=1S/BH3O2.HNO2/c2*2-1-3/h1-3H;(H,2,3). The van der Waals surface area contributed by atoms with Crippen LogP contribution in [0.4, 0.5) is 0 Å². The molecule has 0 aliphatic heterocycles. The van der Waals surface area contributed by atoms with Crippen molar-refractivity contribution in [1.82, 2.24) is 0 Å². The second kappa shape index (κ2) is 26.2. The Morgan fingerprint density at radius 2 is 1.50 bits per heavy atom. The van der Waals surface area contributed by atoms with Crippen molar-refractivity contribution < 1.29 is 15.3 Å². The maximum Gasteiger partial charge on any atom is 0.432 e. The zero-order chi connectivity index (χ0) is 5.41. The summed E-state index contributed by atoms with van der Waals surface area (Å²) >= 11 is 0. The molecule has 0 radical (unpaired) electrons. The maximum absolute atomic E-state index is 8.11. The highest BCUT2D eigenvalue weighted by Crippen LogP contribution is 1.25. The highest BCUT2D eigenvalue weighted by Gasteiger charge is 1.48. The molecule has 0 fully saturated rings. The van der Waals surface area contributed by atoms with Crippen molar-refractivity contribution >= 4 is 7.69 Å². The molecule has 0 aromatic rings. The normalized spacial score (nSPS) is 4.33. The number of nitrogens with zero attached hydrogens (tertiary/aromatic N) is 1. The van der Waals surface area contributed by atoms with Crippen LogP contribution in [0.2, 0.25) is 0 Å². The molecule has 0 amide bonds. The fraction of sp³-hybridized carbons (Fsp3) is 0. The van der Waals surface area contributed by atoms with Crippen LogP contribution in [0.1, 0.15) is 0 Å². The lowest BCUT2D eigenvalue weighted by molar-refractivity contribution is 0.312. The first kappa shape index (κ1) is 9.04. The molecule has 0 heterocycles. The summed E-state index contributed by atoms with van der Waals surface area (Å²) in [6, 6.07) is 0. The van der Waals surface area contributed by atoms with Gasteiger partial charge in [0.15, 0.2) is 5.34 Å². The van der Waals surface area contributed by atoms with Crippen molar-refractivity contribution in [3.05, 3.63) is 4.91 Å². The zero-order valence-corrected chi connectivity index (χ0v) is 2.90. The van der Waals surface area contributed by atoms with Gasteiger partial charge in [0.25, 0.3) is 0 Å². The fourth-order valence-electron chi connectivity index (χ4n) is 0. The van der Waals surface area contributed by atoms with E-state index in [-0.39, 0.29) is 0 Å². The zero-order valence-electron chi connectivity index (χ0n) is 2.90. The van der Waals surface area contributed by atoms with Crippen molar-refractivity contribution in [2.45, 2.75) is 0 Å². The molecule has 0 aromatic heterocycles. The largest absolute Gasteiger partial charge is 0.432 e. The Bertz CT molecular complexity index is 21.5. The summed E-state index contributed by atoms with van der Waals surface area (Å²) in [6.45, 7) is 0. The summed E-state index contributed by atoms with van der Waals surface area (Å²) in [5, 5.41) is 22.1. The Balaban J connectivity index is 0. The van der Waals surface area contributed by atoms with Gasteiger partial charge in [-0.2, -0.15) is 0 Å². The molecule has 0 rings (SSSR count). The molecule has 6 heavy (non-hydrogen) atoms. The van der Waals surface area contributed by atoms with Crippen LogP contribution < -0.4 is 0 Å². The van der Waals surface area contributed by atoms with Gasteiger partial charge in [0.1, 0.15) is 0 Å². The van der Waals surface area contributed by atoms with Crippen molar-refractivity contribution in [3.63, 3.8) is 0 Å². The minimum Gasteiger partial charge on any atom is -0.430 e. The van der Waals surface area contributed by atoms with Gasteiger partial charge in [-0.3, -0.25) is 0 Å². The molecule has 0 aliphatic carbocycles. The van der Waals surface area contributed by atoms with Gasteiger partial charge in [0.05, 0.1) is 0 Å². The van der Waals surface area contributed by atoms with Crippen LogP contribution in [0, 0.1) is 4.91 Å². The minimum atomic E-state index is -0.750. The Morgan fingerprint density at radius 1 is 1.50 bits per heavy atom. The van der Waals surface area contributed by atoms with E-state index in [9.17, 15) is 0 Å². The minimum absolute atomic E-state index is 0.750. The second-order valence-electron chi connectivity index (χ2n) is 0.223. The van der Waals surface area contributed by atoms with Crippen LogP contribution in [0.5, 0.6) is 0 Å². The molecule has 0 atom stereocenters. The highest BCUT2D eigenvalue weighted by atomic mass is 16.6. The predicted molar refractivity (Wildman–Crippen MR) is 19.2 cm³/mol. The molecule has 0 unspecified atom stereocenters. The Morgan fingerprint density at radius 3 is 1.50 bits per heavy atom. The van der Waals surface area contributed by atoms with Crippen molar-refractivity contribution in [2.75, 3.05) is 0 Å². The molecule has 3 N–H and O–H groups in total. The molecule has 5 nitrogen and oxygen atoms in total. The van der Waals surface area contributed by atoms with E-state index in [1.165, 1.54) is 5.34 Å². The van der Waals surface area contributed by atoms with Gasteiger partial charge in [-0.05, 0) is 0 Å². The van der Waals surface area contributed by atoms with Gasteiger partial charge in [0, 0.05) is 0 Å². The smallest absolute Gasteiger partial charge is 0.430 e. The number of hydrogen-bond donors (Lipinski definition) is 3. The molecule has 0 aromatic carbocycles. The van der Waals surface area contributed by atoms with E-state index >= 15 is 0 Å². The number of hydrogen-bond acceptors (Lipinski definition) is 4. The van der Waals surface area contributed by atoms with Gasteiger partial charge in [0.2, 0.25) is 0 Å². The molecule has 6 heteroatoms. The van der Waals surface area contributed by atoms with Gasteiger partial charge >= 0.3 is 7.69 Å². The lowest BCUT2D eigenvalue weighted by Gasteiger charge is -1.48. The summed E-state index contributed by atoms with van der Waals surface area (Å²) in [5.41, 5.74) is 0. The molecule has 0 spiro atoms. The van der Waals surface area contributed by atoms with Crippen LogP contribution in [-0.4, -0.2) is 22.9 Å². The highest BCUT2D eigenvalue weighted by molar-refractivity contribution is 6.13. The molecule has 0 saturated heterocycles. The molecular formula is H4BNO4. The lowest BCUT2D eigenvalue weighted by atomic mass is 10.5. The van der Waals surface area contributed by atoms with E-state index in [1.54, 1.807) is 0 Å². The first-order chi connectivity index (χ1) is 2.83. The molecule has 0 saturated carbocycles. The average Bonchev–Trinajstić information content (AvgIpc) is 1.39. The van der Waals surface area contributed by atoms with Crippen molar-refractivity contribution in [1.29, 1.82) is 0 Å². The van der Waals surface area contributed by atoms with E-state index < -0.39 is 7.69 Å². The Kier molecular flexibility index (Phi) is 39.5. The van der Waals surface area contributed by atoms with E-state index in [2.05, 4.69) is 0 Å². The van der Waals surface area contributed by atoms with Crippen LogP contribution in [0.15, 0.2) is 5.34 Å². The quantitative estimate of drug-likeness (QED) is 0.190. The Hall–Kier alpha value is -0.615. The first-order valence-corrected chi connectivity index (χ1v) is 1.02. The summed E-state index contributed by atoms with van der Waals surface area (Å²) in [4.78, 5) is 8.11. The predicted octanol–water partition coefficient (Wildman–Crippen LogP) is -1.62. The molecular weight excluding hydrogens is 88.8 g/mol. The second-order valence-corrected chi connectivity index (χ2v) is 0.223. The molecule has 36 valence electrons. The van der Waals surface area contributed by atoms with Gasteiger partial charge in [-0.15, -0.1) is 4.91 Å². The summed E-state index contributed by atoms with van der Waals surface area (Å²) < 4.78 is 0. The number of rotatable bonds is 0. The molecule has 0 bridgehead atoms. The monoisotopic (exact) mass is 93.0 g/mol.